The molecule has 2 fully saturated rings. The molecular weight excluding hydrogens is 164 g/mol. The summed E-state index contributed by atoms with van der Waals surface area (Å²) in [6, 6.07) is 0. The highest BCUT2D eigenvalue weighted by Gasteiger charge is 2.32. The van der Waals surface area contributed by atoms with E-state index in [1.54, 1.807) is 0 Å². The molecule has 1 aliphatic heterocycles. The Kier molecular flexibility index (Phi) is 2.68. The normalized spacial score (nSPS) is 34.5. The minimum atomic E-state index is 0.300. The molecule has 0 aromatic heterocycles. The number of Topliss-reactive ketones (excluding diaryl/α,β-unsaturated/α-hetero) is 1. The van der Waals surface area contributed by atoms with Crippen molar-refractivity contribution in [2.24, 2.45) is 17.8 Å². The number of ketones is 1. The summed E-state index contributed by atoms with van der Waals surface area (Å²) >= 11 is 0. The molecule has 13 heavy (non-hydrogen) atoms. The first kappa shape index (κ1) is 9.20. The maximum atomic E-state index is 11.8. The molecule has 0 spiro atoms. The van der Waals surface area contributed by atoms with Crippen molar-refractivity contribution in [1.82, 2.24) is 0 Å². The molecule has 0 N–H and O–H groups in total. The van der Waals surface area contributed by atoms with E-state index < -0.39 is 0 Å². The first-order chi connectivity index (χ1) is 6.27. The van der Waals surface area contributed by atoms with Crippen LogP contribution >= 0.6 is 0 Å². The first-order valence-electron chi connectivity index (χ1n) is 5.38. The maximum absolute atomic E-state index is 11.8. The number of hydrogen-bond donors (Lipinski definition) is 0. The van der Waals surface area contributed by atoms with E-state index >= 15 is 0 Å². The zero-order valence-electron chi connectivity index (χ0n) is 8.29. The number of carbonyl (C=O) groups is 1. The molecule has 74 valence electrons. The molecule has 1 saturated heterocycles. The lowest BCUT2D eigenvalue weighted by Crippen LogP contribution is -2.31. The average molecular weight is 182 g/mol. The highest BCUT2D eigenvalue weighted by molar-refractivity contribution is 5.81. The van der Waals surface area contributed by atoms with Gasteiger partial charge in [0, 0.05) is 25.6 Å². The third-order valence-electron chi connectivity index (χ3n) is 3.24. The second kappa shape index (κ2) is 3.79. The Hall–Kier alpha value is -0.370. The van der Waals surface area contributed by atoms with Crippen molar-refractivity contribution >= 4 is 5.78 Å². The van der Waals surface area contributed by atoms with E-state index in [1.807, 2.05) is 0 Å². The van der Waals surface area contributed by atoms with Crippen LogP contribution in [-0.2, 0) is 9.53 Å². The van der Waals surface area contributed by atoms with Crippen molar-refractivity contribution < 1.29 is 9.53 Å². The highest BCUT2D eigenvalue weighted by Crippen LogP contribution is 2.35. The Morgan fingerprint density at radius 2 is 2.15 bits per heavy atom. The lowest BCUT2D eigenvalue weighted by molar-refractivity contribution is -0.128. The van der Waals surface area contributed by atoms with Crippen molar-refractivity contribution in [2.45, 2.75) is 32.6 Å². The van der Waals surface area contributed by atoms with E-state index in [9.17, 15) is 4.79 Å². The van der Waals surface area contributed by atoms with Gasteiger partial charge in [0.1, 0.15) is 5.78 Å². The fourth-order valence-electron chi connectivity index (χ4n) is 2.12. The van der Waals surface area contributed by atoms with Crippen LogP contribution in [0.3, 0.4) is 0 Å². The van der Waals surface area contributed by atoms with Gasteiger partial charge in [-0.3, -0.25) is 4.79 Å². The van der Waals surface area contributed by atoms with Crippen molar-refractivity contribution in [1.29, 1.82) is 0 Å². The largest absolute Gasteiger partial charge is 0.381 e. The van der Waals surface area contributed by atoms with Crippen LogP contribution in [0.2, 0.25) is 0 Å². The van der Waals surface area contributed by atoms with Gasteiger partial charge in [-0.15, -0.1) is 0 Å². The highest BCUT2D eigenvalue weighted by atomic mass is 16.5. The van der Waals surface area contributed by atoms with E-state index in [0.717, 1.165) is 32.0 Å². The molecule has 2 heteroatoms. The molecule has 0 aromatic carbocycles. The van der Waals surface area contributed by atoms with Gasteiger partial charge in [-0.25, -0.2) is 0 Å². The molecule has 0 bridgehead atoms. The van der Waals surface area contributed by atoms with Crippen LogP contribution in [0.5, 0.6) is 0 Å². The predicted molar refractivity (Wildman–Crippen MR) is 50.4 cm³/mol. The fourth-order valence-corrected chi connectivity index (χ4v) is 2.12. The molecule has 0 radical (unpaired) electrons. The Balaban J connectivity index is 1.85. The summed E-state index contributed by atoms with van der Waals surface area (Å²) in [6.45, 7) is 3.70. The summed E-state index contributed by atoms with van der Waals surface area (Å²) in [7, 11) is 0. The molecule has 1 heterocycles. The molecule has 2 rings (SSSR count). The summed E-state index contributed by atoms with van der Waals surface area (Å²) < 4.78 is 5.33. The minimum Gasteiger partial charge on any atom is -0.381 e. The molecular formula is C11H18O2. The Morgan fingerprint density at radius 3 is 2.77 bits per heavy atom. The Morgan fingerprint density at radius 1 is 1.38 bits per heavy atom. The van der Waals surface area contributed by atoms with Gasteiger partial charge in [0.05, 0.1) is 0 Å². The molecule has 1 aliphatic carbocycles. The Labute approximate surface area is 79.7 Å². The monoisotopic (exact) mass is 182 g/mol. The lowest BCUT2D eigenvalue weighted by atomic mass is 9.84. The third kappa shape index (κ3) is 2.31. The zero-order valence-corrected chi connectivity index (χ0v) is 8.29. The fraction of sp³-hybridized carbons (Fsp3) is 0.909. The van der Waals surface area contributed by atoms with E-state index in [-0.39, 0.29) is 0 Å². The van der Waals surface area contributed by atoms with Gasteiger partial charge < -0.3 is 4.74 Å². The van der Waals surface area contributed by atoms with Gasteiger partial charge in [0.25, 0.3) is 0 Å². The second-order valence-corrected chi connectivity index (χ2v) is 4.56. The summed E-state index contributed by atoms with van der Waals surface area (Å²) in [5, 5.41) is 0. The summed E-state index contributed by atoms with van der Waals surface area (Å²) in [6.07, 6.45) is 4.36. The van der Waals surface area contributed by atoms with Crippen LogP contribution in [0.15, 0.2) is 0 Å². The first-order valence-corrected chi connectivity index (χ1v) is 5.38. The van der Waals surface area contributed by atoms with Crippen molar-refractivity contribution in [3.05, 3.63) is 0 Å². The molecule has 2 atom stereocenters. The van der Waals surface area contributed by atoms with Crippen LogP contribution in [0, 0.1) is 17.8 Å². The van der Waals surface area contributed by atoms with Gasteiger partial charge >= 0.3 is 0 Å². The van der Waals surface area contributed by atoms with Crippen LogP contribution in [0.25, 0.3) is 0 Å². The third-order valence-corrected chi connectivity index (χ3v) is 3.24. The van der Waals surface area contributed by atoms with E-state index in [0.29, 0.717) is 17.6 Å². The van der Waals surface area contributed by atoms with Crippen LogP contribution in [0.1, 0.15) is 32.6 Å². The van der Waals surface area contributed by atoms with E-state index in [1.165, 1.54) is 12.8 Å². The lowest BCUT2D eigenvalue weighted by Gasteiger charge is -2.27. The molecule has 2 unspecified atom stereocenters. The van der Waals surface area contributed by atoms with E-state index in [4.69, 9.17) is 4.74 Å². The van der Waals surface area contributed by atoms with Crippen molar-refractivity contribution in [3.63, 3.8) is 0 Å². The predicted octanol–water partition coefficient (Wildman–Crippen LogP) is 2.03. The number of rotatable bonds is 3. The maximum Gasteiger partial charge on any atom is 0.136 e. The molecule has 0 aromatic rings. The summed E-state index contributed by atoms with van der Waals surface area (Å²) in [5.74, 6) is 1.98. The topological polar surface area (TPSA) is 26.3 Å². The zero-order chi connectivity index (χ0) is 9.26. The smallest absolute Gasteiger partial charge is 0.136 e. The van der Waals surface area contributed by atoms with Crippen LogP contribution in [-0.4, -0.2) is 19.0 Å². The van der Waals surface area contributed by atoms with Crippen molar-refractivity contribution in [3.8, 4) is 0 Å². The number of carbonyl (C=O) groups excluding carboxylic acids is 1. The average Bonchev–Trinajstić information content (AvgIpc) is 2.89. The van der Waals surface area contributed by atoms with Gasteiger partial charge in [-0.05, 0) is 31.1 Å². The van der Waals surface area contributed by atoms with Gasteiger partial charge in [0.2, 0.25) is 0 Å². The SMILES string of the molecule is CC1COCCC1C(=O)CC1CC1. The van der Waals surface area contributed by atoms with Gasteiger partial charge in [-0.2, -0.15) is 0 Å². The molecule has 0 amide bonds. The second-order valence-electron chi connectivity index (χ2n) is 4.56. The van der Waals surface area contributed by atoms with E-state index in [2.05, 4.69) is 6.92 Å². The molecule has 2 nitrogen and oxygen atoms in total. The van der Waals surface area contributed by atoms with Crippen molar-refractivity contribution in [2.75, 3.05) is 13.2 Å². The summed E-state index contributed by atoms with van der Waals surface area (Å²) in [4.78, 5) is 11.8. The quantitative estimate of drug-likeness (QED) is 0.667. The molecule has 2 aliphatic rings. The number of ether oxygens (including phenoxy) is 1. The molecule has 1 saturated carbocycles. The summed E-state index contributed by atoms with van der Waals surface area (Å²) in [5.41, 5.74) is 0. The van der Waals surface area contributed by atoms with Crippen LogP contribution in [0.4, 0.5) is 0 Å². The van der Waals surface area contributed by atoms with Crippen LogP contribution < -0.4 is 0 Å². The van der Waals surface area contributed by atoms with Gasteiger partial charge in [0.15, 0.2) is 0 Å². The Bertz CT molecular complexity index is 196. The number of hydrogen-bond acceptors (Lipinski definition) is 2. The minimum absolute atomic E-state index is 0.300. The van der Waals surface area contributed by atoms with Gasteiger partial charge in [-0.1, -0.05) is 6.92 Å². The standard InChI is InChI=1S/C11H18O2/c1-8-7-13-5-4-10(8)11(12)6-9-2-3-9/h8-10H,2-7H2,1H3.